The van der Waals surface area contributed by atoms with E-state index in [1.165, 1.54) is 0 Å². The molecule has 1 heterocycles. The van der Waals surface area contributed by atoms with E-state index < -0.39 is 0 Å². The van der Waals surface area contributed by atoms with Crippen molar-refractivity contribution in [2.75, 3.05) is 7.11 Å². The van der Waals surface area contributed by atoms with Gasteiger partial charge in [-0.05, 0) is 37.3 Å². The van der Waals surface area contributed by atoms with Crippen molar-refractivity contribution in [3.8, 4) is 17.0 Å². The first-order chi connectivity index (χ1) is 8.11. The quantitative estimate of drug-likeness (QED) is 0.880. The maximum Gasteiger partial charge on any atom is 0.118 e. The highest BCUT2D eigenvalue weighted by Gasteiger charge is 2.10. The van der Waals surface area contributed by atoms with E-state index in [2.05, 4.69) is 5.10 Å². The van der Waals surface area contributed by atoms with Gasteiger partial charge in [0.2, 0.25) is 0 Å². The monoisotopic (exact) mass is 231 g/mol. The van der Waals surface area contributed by atoms with E-state index >= 15 is 0 Å². The topological polar surface area (TPSA) is 53.1 Å². The summed E-state index contributed by atoms with van der Waals surface area (Å²) in [6.07, 6.45) is 0. The van der Waals surface area contributed by atoms with Crippen LogP contribution in [0.2, 0.25) is 0 Å². The number of ether oxygens (including phenoxy) is 1. The van der Waals surface area contributed by atoms with Gasteiger partial charge in [-0.15, -0.1) is 0 Å². The van der Waals surface area contributed by atoms with Crippen molar-refractivity contribution >= 4 is 0 Å². The van der Waals surface area contributed by atoms with Crippen molar-refractivity contribution in [3.63, 3.8) is 0 Å². The zero-order valence-electron chi connectivity index (χ0n) is 10.3. The van der Waals surface area contributed by atoms with Crippen molar-refractivity contribution in [1.82, 2.24) is 9.78 Å². The highest BCUT2D eigenvalue weighted by Crippen LogP contribution is 2.24. The van der Waals surface area contributed by atoms with Crippen molar-refractivity contribution in [2.45, 2.75) is 13.0 Å². The molecule has 0 bridgehead atoms. The van der Waals surface area contributed by atoms with Gasteiger partial charge in [-0.1, -0.05) is 0 Å². The molecule has 0 saturated heterocycles. The van der Waals surface area contributed by atoms with Gasteiger partial charge in [0.1, 0.15) is 5.75 Å². The Morgan fingerprint density at radius 2 is 1.94 bits per heavy atom. The zero-order chi connectivity index (χ0) is 12.4. The van der Waals surface area contributed by atoms with Crippen LogP contribution in [0.1, 0.15) is 18.7 Å². The van der Waals surface area contributed by atoms with Crippen molar-refractivity contribution in [2.24, 2.45) is 12.8 Å². The molecule has 4 nitrogen and oxygen atoms in total. The van der Waals surface area contributed by atoms with Crippen LogP contribution in [0, 0.1) is 0 Å². The predicted octanol–water partition coefficient (Wildman–Crippen LogP) is 2.12. The zero-order valence-corrected chi connectivity index (χ0v) is 10.3. The lowest BCUT2D eigenvalue weighted by atomic mass is 10.1. The first kappa shape index (κ1) is 11.7. The Labute approximate surface area is 101 Å². The molecule has 1 atom stereocenters. The first-order valence-corrected chi connectivity index (χ1v) is 5.55. The molecule has 0 aliphatic heterocycles. The molecule has 1 unspecified atom stereocenters. The lowest BCUT2D eigenvalue weighted by Crippen LogP contribution is -2.06. The molecule has 0 amide bonds. The molecule has 1 aromatic carbocycles. The molecule has 0 fully saturated rings. The molecule has 17 heavy (non-hydrogen) atoms. The average molecular weight is 231 g/mol. The SMILES string of the molecule is COc1ccc(-c2cc(C(C)N)nn2C)cc1. The molecule has 2 N–H and O–H groups in total. The van der Waals surface area contributed by atoms with Gasteiger partial charge in [-0.25, -0.2) is 0 Å². The lowest BCUT2D eigenvalue weighted by molar-refractivity contribution is 0.415. The fraction of sp³-hybridized carbons (Fsp3) is 0.308. The van der Waals surface area contributed by atoms with Gasteiger partial charge in [0.05, 0.1) is 18.5 Å². The van der Waals surface area contributed by atoms with E-state index in [0.29, 0.717) is 0 Å². The van der Waals surface area contributed by atoms with E-state index in [0.717, 1.165) is 22.7 Å². The summed E-state index contributed by atoms with van der Waals surface area (Å²) in [4.78, 5) is 0. The van der Waals surface area contributed by atoms with Crippen molar-refractivity contribution in [3.05, 3.63) is 36.0 Å². The van der Waals surface area contributed by atoms with Gasteiger partial charge in [0, 0.05) is 18.7 Å². The maximum atomic E-state index is 5.82. The Balaban J connectivity index is 2.38. The standard InChI is InChI=1S/C13H17N3O/c1-9(14)12-8-13(16(2)15-12)10-4-6-11(17-3)7-5-10/h4-9H,14H2,1-3H3. The third-order valence-electron chi connectivity index (χ3n) is 2.75. The number of aryl methyl sites for hydroxylation is 1. The minimum atomic E-state index is -0.0480. The minimum Gasteiger partial charge on any atom is -0.497 e. The summed E-state index contributed by atoms with van der Waals surface area (Å²) in [5.41, 5.74) is 8.88. The number of benzene rings is 1. The summed E-state index contributed by atoms with van der Waals surface area (Å²) < 4.78 is 6.98. The molecule has 2 rings (SSSR count). The molecular weight excluding hydrogens is 214 g/mol. The predicted molar refractivity (Wildman–Crippen MR) is 67.8 cm³/mol. The number of rotatable bonds is 3. The van der Waals surface area contributed by atoms with Gasteiger partial charge >= 0.3 is 0 Å². The normalized spacial score (nSPS) is 12.5. The highest BCUT2D eigenvalue weighted by molar-refractivity contribution is 5.61. The van der Waals surface area contributed by atoms with Crippen molar-refractivity contribution < 1.29 is 4.74 Å². The molecule has 0 aliphatic carbocycles. The minimum absolute atomic E-state index is 0.0480. The second-order valence-corrected chi connectivity index (χ2v) is 4.10. The Kier molecular flexibility index (Phi) is 3.15. The van der Waals surface area contributed by atoms with Crippen LogP contribution in [-0.4, -0.2) is 16.9 Å². The van der Waals surface area contributed by atoms with Gasteiger partial charge in [-0.3, -0.25) is 4.68 Å². The van der Waals surface area contributed by atoms with Crippen molar-refractivity contribution in [1.29, 1.82) is 0 Å². The first-order valence-electron chi connectivity index (χ1n) is 5.55. The fourth-order valence-electron chi connectivity index (χ4n) is 1.74. The summed E-state index contributed by atoms with van der Waals surface area (Å²) in [5, 5.41) is 4.39. The number of hydrogen-bond acceptors (Lipinski definition) is 3. The number of nitrogens with zero attached hydrogens (tertiary/aromatic N) is 2. The van der Waals surface area contributed by atoms with Gasteiger partial charge in [0.15, 0.2) is 0 Å². The van der Waals surface area contributed by atoms with Crippen LogP contribution >= 0.6 is 0 Å². The smallest absolute Gasteiger partial charge is 0.118 e. The van der Waals surface area contributed by atoms with Crippen LogP contribution in [0.4, 0.5) is 0 Å². The van der Waals surface area contributed by atoms with Crippen LogP contribution < -0.4 is 10.5 Å². The molecule has 1 aromatic heterocycles. The van der Waals surface area contributed by atoms with Gasteiger partial charge in [-0.2, -0.15) is 5.10 Å². The Morgan fingerprint density at radius 3 is 2.41 bits per heavy atom. The fourth-order valence-corrected chi connectivity index (χ4v) is 1.74. The Hall–Kier alpha value is -1.81. The molecule has 2 aromatic rings. The third-order valence-corrected chi connectivity index (χ3v) is 2.75. The van der Waals surface area contributed by atoms with E-state index in [9.17, 15) is 0 Å². The van der Waals surface area contributed by atoms with Gasteiger partial charge in [0.25, 0.3) is 0 Å². The molecule has 0 spiro atoms. The summed E-state index contributed by atoms with van der Waals surface area (Å²) >= 11 is 0. The van der Waals surface area contributed by atoms with Gasteiger partial charge < -0.3 is 10.5 Å². The summed E-state index contributed by atoms with van der Waals surface area (Å²) in [5.74, 6) is 0.850. The number of nitrogens with two attached hydrogens (primary N) is 1. The number of aromatic nitrogens is 2. The summed E-state index contributed by atoms with van der Waals surface area (Å²) in [7, 11) is 3.58. The molecule has 90 valence electrons. The van der Waals surface area contributed by atoms with E-state index in [4.69, 9.17) is 10.5 Å². The van der Waals surface area contributed by atoms with E-state index in [1.807, 2.05) is 49.0 Å². The summed E-state index contributed by atoms with van der Waals surface area (Å²) in [6, 6.07) is 9.88. The van der Waals surface area contributed by atoms with Crippen LogP contribution in [0.25, 0.3) is 11.3 Å². The molecule has 4 heteroatoms. The second-order valence-electron chi connectivity index (χ2n) is 4.10. The van der Waals surface area contributed by atoms with Crippen LogP contribution in [0.5, 0.6) is 5.75 Å². The Morgan fingerprint density at radius 1 is 1.29 bits per heavy atom. The molecule has 0 aliphatic rings. The maximum absolute atomic E-state index is 5.82. The Bertz CT molecular complexity index is 500. The number of hydrogen-bond donors (Lipinski definition) is 1. The summed E-state index contributed by atoms with van der Waals surface area (Å²) in [6.45, 7) is 1.93. The van der Waals surface area contributed by atoms with E-state index in [-0.39, 0.29) is 6.04 Å². The van der Waals surface area contributed by atoms with Crippen LogP contribution in [0.15, 0.2) is 30.3 Å². The van der Waals surface area contributed by atoms with Crippen LogP contribution in [0.3, 0.4) is 0 Å². The lowest BCUT2D eigenvalue weighted by Gasteiger charge is -2.03. The average Bonchev–Trinajstić information content (AvgIpc) is 2.72. The third kappa shape index (κ3) is 2.31. The molecule has 0 radical (unpaired) electrons. The largest absolute Gasteiger partial charge is 0.497 e. The second kappa shape index (κ2) is 4.59. The molecule has 0 saturated carbocycles. The highest BCUT2D eigenvalue weighted by atomic mass is 16.5. The van der Waals surface area contributed by atoms with Crippen LogP contribution in [-0.2, 0) is 7.05 Å². The number of methoxy groups -OCH3 is 1. The molecular formula is C13H17N3O. The van der Waals surface area contributed by atoms with E-state index in [1.54, 1.807) is 7.11 Å².